The number of aromatic nitrogens is 1. The number of thiazole rings is 1. The van der Waals surface area contributed by atoms with Crippen molar-refractivity contribution in [1.82, 2.24) is 4.98 Å². The van der Waals surface area contributed by atoms with Crippen LogP contribution in [-0.4, -0.2) is 35.4 Å². The van der Waals surface area contributed by atoms with E-state index in [1.807, 2.05) is 12.1 Å². The van der Waals surface area contributed by atoms with Crippen molar-refractivity contribution >= 4 is 55.8 Å². The summed E-state index contributed by atoms with van der Waals surface area (Å²) in [5.41, 5.74) is 1.85. The van der Waals surface area contributed by atoms with Gasteiger partial charge in [-0.2, -0.15) is 0 Å². The summed E-state index contributed by atoms with van der Waals surface area (Å²) in [6.07, 6.45) is 4.61. The lowest BCUT2D eigenvalue weighted by Crippen LogP contribution is -2.47. The molecule has 1 aliphatic carbocycles. The molecule has 9 heteroatoms. The van der Waals surface area contributed by atoms with E-state index in [0.717, 1.165) is 30.4 Å². The molecule has 2 aliphatic rings. The van der Waals surface area contributed by atoms with Crippen LogP contribution in [0.1, 0.15) is 39.0 Å². The third-order valence-electron chi connectivity index (χ3n) is 6.25. The van der Waals surface area contributed by atoms with E-state index in [4.69, 9.17) is 4.74 Å². The van der Waals surface area contributed by atoms with Gasteiger partial charge in [0.15, 0.2) is 11.2 Å². The van der Waals surface area contributed by atoms with Crippen molar-refractivity contribution in [2.45, 2.75) is 45.1 Å². The molecule has 0 bridgehead atoms. The first-order valence-electron chi connectivity index (χ1n) is 11.6. The number of nitrogens with zero attached hydrogens (tertiary/aromatic N) is 2. The van der Waals surface area contributed by atoms with Gasteiger partial charge in [0.05, 0.1) is 15.9 Å². The van der Waals surface area contributed by atoms with Crippen molar-refractivity contribution in [2.24, 2.45) is 5.92 Å². The molecule has 0 radical (unpaired) electrons. The number of benzene rings is 2. The third kappa shape index (κ3) is 4.61. The van der Waals surface area contributed by atoms with Crippen LogP contribution in [-0.2, 0) is 14.4 Å². The molecule has 1 fully saturated rings. The summed E-state index contributed by atoms with van der Waals surface area (Å²) in [6.45, 7) is 1.55. The Morgan fingerprint density at radius 1 is 1.12 bits per heavy atom. The van der Waals surface area contributed by atoms with Gasteiger partial charge in [-0.05, 0) is 50.1 Å². The lowest BCUT2D eigenvalue weighted by Gasteiger charge is -2.32. The molecule has 0 saturated heterocycles. The minimum Gasteiger partial charge on any atom is -0.479 e. The normalized spacial score (nSPS) is 18.3. The van der Waals surface area contributed by atoms with Gasteiger partial charge in [-0.15, -0.1) is 0 Å². The van der Waals surface area contributed by atoms with E-state index in [-0.39, 0.29) is 30.2 Å². The Balaban J connectivity index is 1.26. The SMILES string of the molecule is C[C@H]1Oc2ccccc2N(CC(=O)Nc2ccc3sc(NC(=O)C4CCCCC4)nc3c2)C1=O. The highest BCUT2D eigenvalue weighted by atomic mass is 32.1. The van der Waals surface area contributed by atoms with Gasteiger partial charge >= 0.3 is 0 Å². The van der Waals surface area contributed by atoms with Crippen LogP contribution in [0.4, 0.5) is 16.5 Å². The van der Waals surface area contributed by atoms with Gasteiger partial charge in [0.2, 0.25) is 11.8 Å². The number of para-hydroxylation sites is 2. The molecule has 2 heterocycles. The molecule has 1 aliphatic heterocycles. The van der Waals surface area contributed by atoms with Gasteiger partial charge in [-0.25, -0.2) is 4.98 Å². The predicted octanol–water partition coefficient (Wildman–Crippen LogP) is 4.57. The van der Waals surface area contributed by atoms with Gasteiger partial charge in [-0.3, -0.25) is 19.3 Å². The van der Waals surface area contributed by atoms with E-state index in [0.29, 0.717) is 27.8 Å². The summed E-state index contributed by atoms with van der Waals surface area (Å²) in [6, 6.07) is 12.6. The molecule has 176 valence electrons. The number of hydrogen-bond donors (Lipinski definition) is 2. The lowest BCUT2D eigenvalue weighted by atomic mass is 9.89. The molecule has 0 spiro atoms. The van der Waals surface area contributed by atoms with Crippen molar-refractivity contribution in [3.05, 3.63) is 42.5 Å². The minimum atomic E-state index is -0.656. The predicted molar refractivity (Wildman–Crippen MR) is 132 cm³/mol. The monoisotopic (exact) mass is 478 g/mol. The number of amides is 3. The van der Waals surface area contributed by atoms with Gasteiger partial charge in [0.1, 0.15) is 12.3 Å². The van der Waals surface area contributed by atoms with E-state index in [1.54, 1.807) is 37.3 Å². The maximum atomic E-state index is 12.8. The molecule has 0 unspecified atom stereocenters. The Morgan fingerprint density at radius 2 is 1.91 bits per heavy atom. The quantitative estimate of drug-likeness (QED) is 0.560. The number of carbonyl (C=O) groups is 3. The average molecular weight is 479 g/mol. The van der Waals surface area contributed by atoms with Crippen molar-refractivity contribution in [3.8, 4) is 5.75 Å². The lowest BCUT2D eigenvalue weighted by molar-refractivity contribution is -0.127. The van der Waals surface area contributed by atoms with E-state index < -0.39 is 6.10 Å². The largest absolute Gasteiger partial charge is 0.479 e. The van der Waals surface area contributed by atoms with Crippen LogP contribution in [0.25, 0.3) is 10.2 Å². The second-order valence-electron chi connectivity index (χ2n) is 8.73. The topological polar surface area (TPSA) is 101 Å². The van der Waals surface area contributed by atoms with E-state index in [9.17, 15) is 14.4 Å². The zero-order chi connectivity index (χ0) is 23.7. The number of nitrogens with one attached hydrogen (secondary N) is 2. The molecule has 34 heavy (non-hydrogen) atoms. The Kier molecular flexibility index (Phi) is 6.19. The molecule has 2 N–H and O–H groups in total. The van der Waals surface area contributed by atoms with Crippen molar-refractivity contribution in [2.75, 3.05) is 22.1 Å². The molecular formula is C25H26N4O4S. The molecular weight excluding hydrogens is 452 g/mol. The van der Waals surface area contributed by atoms with Crippen LogP contribution in [0.2, 0.25) is 0 Å². The first kappa shape index (κ1) is 22.3. The van der Waals surface area contributed by atoms with Crippen LogP contribution in [0.15, 0.2) is 42.5 Å². The van der Waals surface area contributed by atoms with Crippen LogP contribution < -0.4 is 20.3 Å². The Hall–Kier alpha value is -3.46. The standard InChI is InChI=1S/C25H26N4O4S/c1-15-24(32)29(19-9-5-6-10-20(19)33-15)14-22(30)26-17-11-12-21-18(13-17)27-25(34-21)28-23(31)16-7-3-2-4-8-16/h5-6,9-13,15-16H,2-4,7-8,14H2,1H3,(H,26,30)(H,27,28,31)/t15-/m1/s1. The van der Waals surface area contributed by atoms with Crippen LogP contribution in [0.5, 0.6) is 5.75 Å². The van der Waals surface area contributed by atoms with E-state index in [1.165, 1.54) is 22.7 Å². The van der Waals surface area contributed by atoms with Gasteiger partial charge in [-0.1, -0.05) is 42.7 Å². The number of fused-ring (bicyclic) bond motifs is 2. The van der Waals surface area contributed by atoms with Gasteiger partial charge in [0, 0.05) is 11.6 Å². The summed E-state index contributed by atoms with van der Waals surface area (Å²) in [5.74, 6) is 0.0947. The van der Waals surface area contributed by atoms with Crippen molar-refractivity contribution < 1.29 is 19.1 Å². The first-order chi connectivity index (χ1) is 16.5. The molecule has 3 amide bonds. The van der Waals surface area contributed by atoms with Crippen molar-refractivity contribution in [1.29, 1.82) is 0 Å². The van der Waals surface area contributed by atoms with Gasteiger partial charge in [0.25, 0.3) is 5.91 Å². The molecule has 5 rings (SSSR count). The smallest absolute Gasteiger partial charge is 0.268 e. The number of ether oxygens (including phenoxy) is 1. The molecule has 8 nitrogen and oxygen atoms in total. The maximum Gasteiger partial charge on any atom is 0.268 e. The number of hydrogen-bond acceptors (Lipinski definition) is 6. The maximum absolute atomic E-state index is 12.8. The summed E-state index contributed by atoms with van der Waals surface area (Å²) in [5, 5.41) is 6.38. The minimum absolute atomic E-state index is 0.0389. The average Bonchev–Trinajstić information content (AvgIpc) is 3.24. The van der Waals surface area contributed by atoms with Crippen LogP contribution in [0, 0.1) is 5.92 Å². The Bertz CT molecular complexity index is 1250. The Morgan fingerprint density at radius 3 is 2.74 bits per heavy atom. The van der Waals surface area contributed by atoms with Crippen LogP contribution in [0.3, 0.4) is 0 Å². The fourth-order valence-corrected chi connectivity index (χ4v) is 5.35. The molecule has 1 atom stereocenters. The first-order valence-corrected chi connectivity index (χ1v) is 12.4. The fourth-order valence-electron chi connectivity index (χ4n) is 4.50. The second-order valence-corrected chi connectivity index (χ2v) is 9.76. The highest BCUT2D eigenvalue weighted by Crippen LogP contribution is 2.34. The summed E-state index contributed by atoms with van der Waals surface area (Å²) in [4.78, 5) is 43.9. The summed E-state index contributed by atoms with van der Waals surface area (Å²) < 4.78 is 6.55. The summed E-state index contributed by atoms with van der Waals surface area (Å²) in [7, 11) is 0. The number of rotatable bonds is 5. The third-order valence-corrected chi connectivity index (χ3v) is 7.20. The van der Waals surface area contributed by atoms with E-state index in [2.05, 4.69) is 15.6 Å². The number of carbonyl (C=O) groups excluding carboxylic acids is 3. The zero-order valence-electron chi connectivity index (χ0n) is 18.9. The van der Waals surface area contributed by atoms with Gasteiger partial charge < -0.3 is 15.4 Å². The van der Waals surface area contributed by atoms with Crippen molar-refractivity contribution in [3.63, 3.8) is 0 Å². The fraction of sp³-hybridized carbons (Fsp3) is 0.360. The molecule has 1 aromatic heterocycles. The van der Waals surface area contributed by atoms with Crippen LogP contribution >= 0.6 is 11.3 Å². The highest BCUT2D eigenvalue weighted by Gasteiger charge is 2.32. The molecule has 3 aromatic rings. The summed E-state index contributed by atoms with van der Waals surface area (Å²) >= 11 is 1.42. The van der Waals surface area contributed by atoms with E-state index >= 15 is 0 Å². The Labute approximate surface area is 201 Å². The molecule has 2 aromatic carbocycles. The zero-order valence-corrected chi connectivity index (χ0v) is 19.7. The molecule has 1 saturated carbocycles. The highest BCUT2D eigenvalue weighted by molar-refractivity contribution is 7.22. The second kappa shape index (κ2) is 9.42. The number of anilines is 3.